The minimum atomic E-state index is -0.401. The van der Waals surface area contributed by atoms with E-state index in [2.05, 4.69) is 39.3 Å². The standard InChI is InChI=1S/C11H12ClN5OS/c1-6(2)3-9-16-17-11(19-9)15-10(18)7-4-13-5-8(12)14-7/h4-6H,3H2,1-2H3,(H,15,17,18). The van der Waals surface area contributed by atoms with E-state index in [1.165, 1.54) is 23.7 Å². The zero-order chi connectivity index (χ0) is 13.8. The molecule has 2 aromatic heterocycles. The van der Waals surface area contributed by atoms with Crippen molar-refractivity contribution in [1.82, 2.24) is 20.2 Å². The molecule has 0 aliphatic heterocycles. The summed E-state index contributed by atoms with van der Waals surface area (Å²) in [5.74, 6) is 0.0949. The van der Waals surface area contributed by atoms with Gasteiger partial charge in [0, 0.05) is 6.42 Å². The lowest BCUT2D eigenvalue weighted by Gasteiger charge is -2.00. The van der Waals surface area contributed by atoms with Crippen LogP contribution in [0.5, 0.6) is 0 Å². The number of hydrogen-bond acceptors (Lipinski definition) is 6. The van der Waals surface area contributed by atoms with Crippen LogP contribution in [0, 0.1) is 5.92 Å². The summed E-state index contributed by atoms with van der Waals surface area (Å²) in [4.78, 5) is 19.5. The van der Waals surface area contributed by atoms with Gasteiger partial charge in [0.25, 0.3) is 5.91 Å². The topological polar surface area (TPSA) is 80.7 Å². The first kappa shape index (κ1) is 13.8. The van der Waals surface area contributed by atoms with Gasteiger partial charge in [-0.15, -0.1) is 10.2 Å². The van der Waals surface area contributed by atoms with Crippen molar-refractivity contribution in [2.24, 2.45) is 5.92 Å². The molecule has 0 aromatic carbocycles. The number of carbonyl (C=O) groups is 1. The Morgan fingerprint density at radius 3 is 2.89 bits per heavy atom. The minimum absolute atomic E-state index is 0.146. The quantitative estimate of drug-likeness (QED) is 0.937. The molecular weight excluding hydrogens is 286 g/mol. The van der Waals surface area contributed by atoms with Gasteiger partial charge in [-0.1, -0.05) is 36.8 Å². The average molecular weight is 298 g/mol. The van der Waals surface area contributed by atoms with E-state index >= 15 is 0 Å². The zero-order valence-electron chi connectivity index (χ0n) is 10.4. The predicted molar refractivity (Wildman–Crippen MR) is 73.4 cm³/mol. The second kappa shape index (κ2) is 6.03. The summed E-state index contributed by atoms with van der Waals surface area (Å²) in [6.07, 6.45) is 3.55. The monoisotopic (exact) mass is 297 g/mol. The molecule has 0 aliphatic carbocycles. The van der Waals surface area contributed by atoms with E-state index in [-0.39, 0.29) is 10.8 Å². The molecule has 0 radical (unpaired) electrons. The maximum Gasteiger partial charge on any atom is 0.277 e. The highest BCUT2D eigenvalue weighted by Gasteiger charge is 2.12. The van der Waals surface area contributed by atoms with Crippen LogP contribution < -0.4 is 5.32 Å². The molecular formula is C11H12ClN5OS. The molecule has 2 rings (SSSR count). The Morgan fingerprint density at radius 2 is 2.21 bits per heavy atom. The number of halogens is 1. The summed E-state index contributed by atoms with van der Waals surface area (Å²) >= 11 is 7.03. The van der Waals surface area contributed by atoms with E-state index in [0.717, 1.165) is 11.4 Å². The van der Waals surface area contributed by atoms with Gasteiger partial charge in [-0.2, -0.15) is 0 Å². The number of hydrogen-bond donors (Lipinski definition) is 1. The maximum atomic E-state index is 11.9. The Labute approximate surface area is 119 Å². The minimum Gasteiger partial charge on any atom is -0.295 e. The van der Waals surface area contributed by atoms with E-state index in [4.69, 9.17) is 11.6 Å². The van der Waals surface area contributed by atoms with Crippen molar-refractivity contribution >= 4 is 34.0 Å². The van der Waals surface area contributed by atoms with Crippen molar-refractivity contribution in [3.63, 3.8) is 0 Å². The fourth-order valence-corrected chi connectivity index (χ4v) is 2.44. The second-order valence-electron chi connectivity index (χ2n) is 4.28. The lowest BCUT2D eigenvalue weighted by atomic mass is 10.1. The molecule has 0 saturated heterocycles. The number of nitrogens with one attached hydrogen (secondary N) is 1. The number of aromatic nitrogens is 4. The van der Waals surface area contributed by atoms with E-state index in [9.17, 15) is 4.79 Å². The van der Waals surface area contributed by atoms with Gasteiger partial charge in [-0.05, 0) is 5.92 Å². The number of rotatable bonds is 4. The molecule has 19 heavy (non-hydrogen) atoms. The summed E-state index contributed by atoms with van der Waals surface area (Å²) in [5.41, 5.74) is 0.146. The Kier molecular flexibility index (Phi) is 4.39. The van der Waals surface area contributed by atoms with Gasteiger partial charge in [0.2, 0.25) is 5.13 Å². The largest absolute Gasteiger partial charge is 0.295 e. The van der Waals surface area contributed by atoms with Crippen LogP contribution in [0.25, 0.3) is 0 Å². The molecule has 0 bridgehead atoms. The van der Waals surface area contributed by atoms with Crippen LogP contribution in [-0.2, 0) is 6.42 Å². The van der Waals surface area contributed by atoms with Gasteiger partial charge in [0.1, 0.15) is 15.9 Å². The number of anilines is 1. The van der Waals surface area contributed by atoms with Gasteiger partial charge in [-0.3, -0.25) is 15.1 Å². The van der Waals surface area contributed by atoms with Crippen molar-refractivity contribution in [2.45, 2.75) is 20.3 Å². The van der Waals surface area contributed by atoms with Crippen LogP contribution in [0.2, 0.25) is 5.15 Å². The molecule has 1 N–H and O–H groups in total. The SMILES string of the molecule is CC(C)Cc1nnc(NC(=O)c2cncc(Cl)n2)s1. The molecule has 0 spiro atoms. The molecule has 8 heteroatoms. The first-order chi connectivity index (χ1) is 9.04. The molecule has 0 saturated carbocycles. The Balaban J connectivity index is 2.05. The van der Waals surface area contributed by atoms with Gasteiger partial charge in [-0.25, -0.2) is 4.98 Å². The highest BCUT2D eigenvalue weighted by atomic mass is 35.5. The molecule has 0 atom stereocenters. The number of carbonyl (C=O) groups excluding carboxylic acids is 1. The zero-order valence-corrected chi connectivity index (χ0v) is 12.0. The summed E-state index contributed by atoms with van der Waals surface area (Å²) in [7, 11) is 0. The predicted octanol–water partition coefficient (Wildman–Crippen LogP) is 2.43. The van der Waals surface area contributed by atoms with Crippen LogP contribution in [0.3, 0.4) is 0 Å². The molecule has 2 aromatic rings. The second-order valence-corrected chi connectivity index (χ2v) is 5.73. The van der Waals surface area contributed by atoms with E-state index < -0.39 is 5.91 Å². The molecule has 0 aliphatic rings. The first-order valence-corrected chi connectivity index (χ1v) is 6.85. The fraction of sp³-hybridized carbons (Fsp3) is 0.364. The van der Waals surface area contributed by atoms with E-state index in [1.807, 2.05) is 0 Å². The molecule has 0 fully saturated rings. The Morgan fingerprint density at radius 1 is 1.42 bits per heavy atom. The van der Waals surface area contributed by atoms with Gasteiger partial charge in [0.15, 0.2) is 0 Å². The van der Waals surface area contributed by atoms with Gasteiger partial charge < -0.3 is 0 Å². The molecule has 1 amide bonds. The molecule has 0 unspecified atom stereocenters. The average Bonchev–Trinajstić information content (AvgIpc) is 2.75. The maximum absolute atomic E-state index is 11.9. The molecule has 6 nitrogen and oxygen atoms in total. The van der Waals surface area contributed by atoms with Crippen LogP contribution in [-0.4, -0.2) is 26.1 Å². The van der Waals surface area contributed by atoms with Crippen molar-refractivity contribution < 1.29 is 4.79 Å². The van der Waals surface area contributed by atoms with Crippen LogP contribution in [0.4, 0.5) is 5.13 Å². The third kappa shape index (κ3) is 3.93. The Hall–Kier alpha value is -1.60. The number of amides is 1. The third-order valence-corrected chi connectivity index (χ3v) is 3.15. The highest BCUT2D eigenvalue weighted by Crippen LogP contribution is 2.18. The first-order valence-electron chi connectivity index (χ1n) is 5.66. The normalized spacial score (nSPS) is 10.7. The summed E-state index contributed by atoms with van der Waals surface area (Å²) in [5, 5.41) is 12.1. The fourth-order valence-electron chi connectivity index (χ4n) is 1.35. The molecule has 100 valence electrons. The number of nitrogens with zero attached hydrogens (tertiary/aromatic N) is 4. The van der Waals surface area contributed by atoms with Gasteiger partial charge in [0.05, 0.1) is 12.4 Å². The van der Waals surface area contributed by atoms with Crippen molar-refractivity contribution in [1.29, 1.82) is 0 Å². The van der Waals surface area contributed by atoms with Crippen molar-refractivity contribution in [3.8, 4) is 0 Å². The summed E-state index contributed by atoms with van der Waals surface area (Å²) < 4.78 is 0. The van der Waals surface area contributed by atoms with Crippen molar-refractivity contribution in [3.05, 3.63) is 28.2 Å². The van der Waals surface area contributed by atoms with Crippen LogP contribution in [0.15, 0.2) is 12.4 Å². The lowest BCUT2D eigenvalue weighted by Crippen LogP contribution is -2.13. The lowest BCUT2D eigenvalue weighted by molar-refractivity contribution is 0.102. The van der Waals surface area contributed by atoms with Crippen LogP contribution in [0.1, 0.15) is 29.3 Å². The smallest absolute Gasteiger partial charge is 0.277 e. The van der Waals surface area contributed by atoms with Crippen molar-refractivity contribution in [2.75, 3.05) is 5.32 Å². The highest BCUT2D eigenvalue weighted by molar-refractivity contribution is 7.15. The van der Waals surface area contributed by atoms with Crippen LogP contribution >= 0.6 is 22.9 Å². The molecule has 2 heterocycles. The van der Waals surface area contributed by atoms with Gasteiger partial charge >= 0.3 is 0 Å². The van der Waals surface area contributed by atoms with E-state index in [0.29, 0.717) is 11.0 Å². The third-order valence-electron chi connectivity index (χ3n) is 2.11. The summed E-state index contributed by atoms with van der Waals surface area (Å²) in [6.45, 7) is 4.20. The van der Waals surface area contributed by atoms with E-state index in [1.54, 1.807) is 0 Å². The Bertz CT molecular complexity index is 586. The summed E-state index contributed by atoms with van der Waals surface area (Å²) in [6, 6.07) is 0.